The predicted octanol–water partition coefficient (Wildman–Crippen LogP) is 0.845. The number of hydrogen-bond donors (Lipinski definition) is 1. The molecule has 2 aromatic rings. The maximum atomic E-state index is 9.78. The number of rotatable bonds is 8. The molecule has 0 saturated carbocycles. The van der Waals surface area contributed by atoms with Gasteiger partial charge in [-0.25, -0.2) is 0 Å². The molecule has 1 N–H and O–H groups in total. The SMILES string of the molecule is COCCOCC(O)CSc1nnc2ccccn12. The first-order valence-corrected chi connectivity index (χ1v) is 6.97. The van der Waals surface area contributed by atoms with Crippen LogP contribution in [0.5, 0.6) is 0 Å². The highest BCUT2D eigenvalue weighted by molar-refractivity contribution is 7.99. The molecule has 0 saturated heterocycles. The first-order chi connectivity index (χ1) is 9.31. The van der Waals surface area contributed by atoms with Crippen molar-refractivity contribution in [3.8, 4) is 0 Å². The molecule has 0 bridgehead atoms. The molecule has 0 aliphatic carbocycles. The van der Waals surface area contributed by atoms with Crippen molar-refractivity contribution < 1.29 is 14.6 Å². The van der Waals surface area contributed by atoms with Crippen molar-refractivity contribution in [3.63, 3.8) is 0 Å². The van der Waals surface area contributed by atoms with Gasteiger partial charge in [-0.15, -0.1) is 10.2 Å². The number of aliphatic hydroxyl groups excluding tert-OH is 1. The Morgan fingerprint density at radius 1 is 1.37 bits per heavy atom. The molecule has 7 heteroatoms. The predicted molar refractivity (Wildman–Crippen MR) is 72.4 cm³/mol. The zero-order valence-corrected chi connectivity index (χ0v) is 11.5. The second kappa shape index (κ2) is 7.44. The zero-order valence-electron chi connectivity index (χ0n) is 10.7. The third-order valence-electron chi connectivity index (χ3n) is 2.43. The third kappa shape index (κ3) is 4.17. The van der Waals surface area contributed by atoms with Crippen LogP contribution in [0.3, 0.4) is 0 Å². The average Bonchev–Trinajstić information content (AvgIpc) is 2.85. The first kappa shape index (κ1) is 14.3. The standard InChI is InChI=1S/C12H17N3O3S/c1-17-6-7-18-8-10(16)9-19-12-14-13-11-4-2-3-5-15(11)12/h2-5,10,16H,6-9H2,1H3. The Morgan fingerprint density at radius 3 is 3.11 bits per heavy atom. The number of nitrogens with zero attached hydrogens (tertiary/aromatic N) is 3. The van der Waals surface area contributed by atoms with Crippen LogP contribution in [0.15, 0.2) is 29.6 Å². The van der Waals surface area contributed by atoms with Gasteiger partial charge in [0.15, 0.2) is 10.8 Å². The fraction of sp³-hybridized carbons (Fsp3) is 0.500. The van der Waals surface area contributed by atoms with Crippen LogP contribution in [0, 0.1) is 0 Å². The number of pyridine rings is 1. The van der Waals surface area contributed by atoms with Crippen LogP contribution in [0.4, 0.5) is 0 Å². The number of fused-ring (bicyclic) bond motifs is 1. The van der Waals surface area contributed by atoms with Crippen LogP contribution in [-0.4, -0.2) is 58.5 Å². The monoisotopic (exact) mass is 283 g/mol. The number of hydrogen-bond acceptors (Lipinski definition) is 6. The van der Waals surface area contributed by atoms with Crippen LogP contribution in [0.2, 0.25) is 0 Å². The fourth-order valence-electron chi connectivity index (χ4n) is 1.50. The van der Waals surface area contributed by atoms with Crippen molar-refractivity contribution in [3.05, 3.63) is 24.4 Å². The van der Waals surface area contributed by atoms with Gasteiger partial charge in [0.25, 0.3) is 0 Å². The van der Waals surface area contributed by atoms with Crippen LogP contribution < -0.4 is 0 Å². The van der Waals surface area contributed by atoms with Crippen LogP contribution in [0.25, 0.3) is 5.65 Å². The zero-order chi connectivity index (χ0) is 13.5. The van der Waals surface area contributed by atoms with Crippen LogP contribution in [0.1, 0.15) is 0 Å². The third-order valence-corrected chi connectivity index (χ3v) is 3.52. The van der Waals surface area contributed by atoms with E-state index in [9.17, 15) is 5.11 Å². The molecular weight excluding hydrogens is 266 g/mol. The molecule has 0 aromatic carbocycles. The van der Waals surface area contributed by atoms with E-state index in [1.165, 1.54) is 11.8 Å². The van der Waals surface area contributed by atoms with Gasteiger partial charge in [0.05, 0.1) is 25.9 Å². The van der Waals surface area contributed by atoms with Crippen molar-refractivity contribution in [2.45, 2.75) is 11.3 Å². The van der Waals surface area contributed by atoms with E-state index in [0.29, 0.717) is 25.6 Å². The normalized spacial score (nSPS) is 12.9. The lowest BCUT2D eigenvalue weighted by Crippen LogP contribution is -2.19. The van der Waals surface area contributed by atoms with E-state index in [2.05, 4.69) is 10.2 Å². The summed E-state index contributed by atoms with van der Waals surface area (Å²) in [6.45, 7) is 1.33. The van der Waals surface area contributed by atoms with Crippen LogP contribution in [-0.2, 0) is 9.47 Å². The smallest absolute Gasteiger partial charge is 0.195 e. The van der Waals surface area contributed by atoms with Gasteiger partial charge in [0.2, 0.25) is 0 Å². The highest BCUT2D eigenvalue weighted by Gasteiger charge is 2.09. The Morgan fingerprint density at radius 2 is 2.26 bits per heavy atom. The maximum Gasteiger partial charge on any atom is 0.195 e. The number of methoxy groups -OCH3 is 1. The topological polar surface area (TPSA) is 68.9 Å². The van der Waals surface area contributed by atoms with Gasteiger partial charge >= 0.3 is 0 Å². The van der Waals surface area contributed by atoms with Crippen molar-refractivity contribution >= 4 is 17.4 Å². The number of aromatic nitrogens is 3. The summed E-state index contributed by atoms with van der Waals surface area (Å²) < 4.78 is 12.0. The summed E-state index contributed by atoms with van der Waals surface area (Å²) in [6.07, 6.45) is 1.37. The Bertz CT molecular complexity index is 506. The summed E-state index contributed by atoms with van der Waals surface area (Å²) in [5, 5.41) is 18.7. The highest BCUT2D eigenvalue weighted by atomic mass is 32.2. The largest absolute Gasteiger partial charge is 0.390 e. The minimum absolute atomic E-state index is 0.299. The molecule has 2 rings (SSSR count). The molecule has 0 spiro atoms. The van der Waals surface area contributed by atoms with Crippen molar-refractivity contribution in [2.24, 2.45) is 0 Å². The van der Waals surface area contributed by atoms with Gasteiger partial charge in [-0.05, 0) is 12.1 Å². The lowest BCUT2D eigenvalue weighted by atomic mass is 10.4. The Hall–Kier alpha value is -1.15. The molecule has 6 nitrogen and oxygen atoms in total. The molecule has 0 amide bonds. The van der Waals surface area contributed by atoms with Crippen molar-refractivity contribution in [2.75, 3.05) is 32.7 Å². The molecule has 104 valence electrons. The molecule has 0 aliphatic rings. The Balaban J connectivity index is 1.78. The molecule has 19 heavy (non-hydrogen) atoms. The molecule has 0 fully saturated rings. The minimum atomic E-state index is -0.530. The number of ether oxygens (including phenoxy) is 2. The van der Waals surface area contributed by atoms with E-state index in [0.717, 1.165) is 10.8 Å². The summed E-state index contributed by atoms with van der Waals surface area (Å²) in [4.78, 5) is 0. The average molecular weight is 283 g/mol. The van der Waals surface area contributed by atoms with Crippen LogP contribution >= 0.6 is 11.8 Å². The van der Waals surface area contributed by atoms with Crippen molar-refractivity contribution in [1.29, 1.82) is 0 Å². The Kier molecular flexibility index (Phi) is 5.59. The molecule has 0 aliphatic heterocycles. The molecule has 2 aromatic heterocycles. The lowest BCUT2D eigenvalue weighted by molar-refractivity contribution is 0.0218. The lowest BCUT2D eigenvalue weighted by Gasteiger charge is -2.09. The summed E-state index contributed by atoms with van der Waals surface area (Å²) in [6, 6.07) is 5.73. The summed E-state index contributed by atoms with van der Waals surface area (Å²) >= 11 is 1.46. The minimum Gasteiger partial charge on any atom is -0.390 e. The Labute approximate surface area is 115 Å². The number of thioether (sulfide) groups is 1. The van der Waals surface area contributed by atoms with E-state index in [1.807, 2.05) is 28.8 Å². The summed E-state index contributed by atoms with van der Waals surface area (Å²) in [5.41, 5.74) is 0.802. The highest BCUT2D eigenvalue weighted by Crippen LogP contribution is 2.17. The number of aliphatic hydroxyl groups is 1. The second-order valence-electron chi connectivity index (χ2n) is 3.94. The first-order valence-electron chi connectivity index (χ1n) is 5.98. The van der Waals surface area contributed by atoms with E-state index >= 15 is 0 Å². The van der Waals surface area contributed by atoms with Gasteiger partial charge in [0, 0.05) is 19.1 Å². The van der Waals surface area contributed by atoms with Gasteiger partial charge in [0.1, 0.15) is 0 Å². The van der Waals surface area contributed by atoms with E-state index < -0.39 is 6.10 Å². The molecular formula is C12H17N3O3S. The molecule has 0 radical (unpaired) electrons. The molecule has 1 atom stereocenters. The maximum absolute atomic E-state index is 9.78. The summed E-state index contributed by atoms with van der Waals surface area (Å²) in [5.74, 6) is 0.517. The van der Waals surface area contributed by atoms with Gasteiger partial charge in [-0.3, -0.25) is 4.40 Å². The molecule has 1 unspecified atom stereocenters. The van der Waals surface area contributed by atoms with Gasteiger partial charge in [-0.1, -0.05) is 17.8 Å². The van der Waals surface area contributed by atoms with E-state index in [4.69, 9.17) is 9.47 Å². The van der Waals surface area contributed by atoms with E-state index in [-0.39, 0.29) is 0 Å². The van der Waals surface area contributed by atoms with Gasteiger partial charge < -0.3 is 14.6 Å². The molecule has 2 heterocycles. The summed E-state index contributed by atoms with van der Waals surface area (Å²) in [7, 11) is 1.62. The van der Waals surface area contributed by atoms with Crippen molar-refractivity contribution in [1.82, 2.24) is 14.6 Å². The van der Waals surface area contributed by atoms with E-state index in [1.54, 1.807) is 7.11 Å². The fourth-order valence-corrected chi connectivity index (χ4v) is 2.33. The second-order valence-corrected chi connectivity index (χ2v) is 4.93. The quantitative estimate of drug-likeness (QED) is 0.572. The van der Waals surface area contributed by atoms with Gasteiger partial charge in [-0.2, -0.15) is 0 Å².